The van der Waals surface area contributed by atoms with E-state index in [2.05, 4.69) is 20.4 Å². The quantitative estimate of drug-likeness (QED) is 0.457. The summed E-state index contributed by atoms with van der Waals surface area (Å²) in [6.07, 6.45) is 1.94. The van der Waals surface area contributed by atoms with E-state index in [1.807, 2.05) is 6.26 Å². The molecule has 1 fully saturated rings. The topological polar surface area (TPSA) is 67.4 Å². The third kappa shape index (κ3) is 5.57. The first kappa shape index (κ1) is 16.0. The highest BCUT2D eigenvalue weighted by molar-refractivity contribution is 8.00. The Morgan fingerprint density at radius 2 is 2.25 bits per heavy atom. The molecule has 6 nitrogen and oxygen atoms in total. The van der Waals surface area contributed by atoms with Crippen LogP contribution in [-0.2, 0) is 9.53 Å². The highest BCUT2D eigenvalue weighted by atomic mass is 32.2. The van der Waals surface area contributed by atoms with E-state index in [0.717, 1.165) is 42.9 Å². The lowest BCUT2D eigenvalue weighted by Crippen LogP contribution is -2.37. The number of carbonyl (C=O) groups is 1. The van der Waals surface area contributed by atoms with E-state index >= 15 is 0 Å². The Balaban J connectivity index is 1.57. The third-order valence-corrected chi connectivity index (χ3v) is 5.47. The van der Waals surface area contributed by atoms with Crippen molar-refractivity contribution < 1.29 is 9.53 Å². The van der Waals surface area contributed by atoms with Gasteiger partial charge < -0.3 is 4.74 Å². The Hall–Kier alpha value is -0.350. The van der Waals surface area contributed by atoms with Crippen LogP contribution in [-0.4, -0.2) is 71.6 Å². The van der Waals surface area contributed by atoms with E-state index in [-0.39, 0.29) is 5.91 Å². The van der Waals surface area contributed by atoms with Crippen LogP contribution in [0.3, 0.4) is 0 Å². The van der Waals surface area contributed by atoms with Crippen molar-refractivity contribution in [3.8, 4) is 0 Å². The van der Waals surface area contributed by atoms with E-state index in [9.17, 15) is 4.79 Å². The van der Waals surface area contributed by atoms with Crippen molar-refractivity contribution in [2.24, 2.45) is 0 Å². The Morgan fingerprint density at radius 3 is 2.95 bits per heavy atom. The summed E-state index contributed by atoms with van der Waals surface area (Å²) in [7, 11) is 0. The number of carbonyl (C=O) groups excluding carboxylic acids is 1. The molecule has 2 heterocycles. The summed E-state index contributed by atoms with van der Waals surface area (Å²) < 4.78 is 6.16. The van der Waals surface area contributed by atoms with Gasteiger partial charge in [0.15, 0.2) is 4.34 Å². The number of thioether (sulfide) groups is 2. The summed E-state index contributed by atoms with van der Waals surface area (Å²) in [5, 5.41) is 11.2. The Kier molecular flexibility index (Phi) is 7.08. The summed E-state index contributed by atoms with van der Waals surface area (Å²) in [5.41, 5.74) is 0. The second kappa shape index (κ2) is 8.83. The lowest BCUT2D eigenvalue weighted by atomic mass is 10.4. The van der Waals surface area contributed by atoms with Crippen molar-refractivity contribution in [1.82, 2.24) is 15.1 Å². The van der Waals surface area contributed by atoms with Crippen LogP contribution < -0.4 is 5.32 Å². The van der Waals surface area contributed by atoms with Crippen LogP contribution in [0.2, 0.25) is 0 Å². The molecule has 1 saturated heterocycles. The number of rotatable bonds is 7. The third-order valence-electron chi connectivity index (χ3n) is 2.72. The van der Waals surface area contributed by atoms with Gasteiger partial charge in [0, 0.05) is 25.4 Å². The van der Waals surface area contributed by atoms with Crippen LogP contribution >= 0.6 is 34.9 Å². The van der Waals surface area contributed by atoms with Gasteiger partial charge in [0.2, 0.25) is 11.0 Å². The van der Waals surface area contributed by atoms with Crippen LogP contribution in [0.25, 0.3) is 0 Å². The molecule has 9 heteroatoms. The molecule has 0 radical (unpaired) electrons. The van der Waals surface area contributed by atoms with Gasteiger partial charge in [0.05, 0.1) is 19.0 Å². The molecular weight excluding hydrogens is 316 g/mol. The van der Waals surface area contributed by atoms with E-state index in [4.69, 9.17) is 4.74 Å². The molecule has 0 unspecified atom stereocenters. The Bertz CT molecular complexity index is 424. The predicted octanol–water partition coefficient (Wildman–Crippen LogP) is 1.26. The molecule has 20 heavy (non-hydrogen) atoms. The van der Waals surface area contributed by atoms with Gasteiger partial charge in [-0.25, -0.2) is 0 Å². The smallest absolute Gasteiger partial charge is 0.236 e. The maximum Gasteiger partial charge on any atom is 0.236 e. The van der Waals surface area contributed by atoms with Gasteiger partial charge in [-0.15, -0.1) is 10.2 Å². The van der Waals surface area contributed by atoms with Gasteiger partial charge in [-0.1, -0.05) is 23.1 Å². The number of aromatic nitrogens is 2. The van der Waals surface area contributed by atoms with Crippen LogP contribution in [0.4, 0.5) is 5.13 Å². The minimum atomic E-state index is -0.0132. The molecule has 112 valence electrons. The first-order valence-corrected chi connectivity index (χ1v) is 9.52. The van der Waals surface area contributed by atoms with Gasteiger partial charge in [-0.05, 0) is 6.26 Å². The standard InChI is InChI=1S/C11H18N4O2S3/c1-18-11-14-13-10(20-11)12-9(16)8-19-7-4-15-2-5-17-6-3-15/h2-8H2,1H3,(H,12,13,16). The van der Waals surface area contributed by atoms with E-state index in [1.54, 1.807) is 11.8 Å². The molecule has 0 saturated carbocycles. The molecule has 1 amide bonds. The van der Waals surface area contributed by atoms with Crippen LogP contribution in [0.5, 0.6) is 0 Å². The van der Waals surface area contributed by atoms with Crippen LogP contribution in [0.15, 0.2) is 4.34 Å². The second-order valence-corrected chi connectivity index (χ2v) is 7.27. The van der Waals surface area contributed by atoms with Crippen molar-refractivity contribution in [2.75, 3.05) is 55.9 Å². The highest BCUT2D eigenvalue weighted by Crippen LogP contribution is 2.23. The fraction of sp³-hybridized carbons (Fsp3) is 0.727. The summed E-state index contributed by atoms with van der Waals surface area (Å²) in [6.45, 7) is 4.64. The number of hydrogen-bond donors (Lipinski definition) is 1. The first-order chi connectivity index (χ1) is 9.78. The molecule has 1 aliphatic rings. The number of ether oxygens (including phenoxy) is 1. The molecule has 2 rings (SSSR count). The summed E-state index contributed by atoms with van der Waals surface area (Å²) in [4.78, 5) is 14.1. The number of anilines is 1. The zero-order valence-electron chi connectivity index (χ0n) is 11.3. The lowest BCUT2D eigenvalue weighted by molar-refractivity contribution is -0.113. The minimum Gasteiger partial charge on any atom is -0.379 e. The number of nitrogens with one attached hydrogen (secondary N) is 1. The van der Waals surface area contributed by atoms with Crippen molar-refractivity contribution in [3.05, 3.63) is 0 Å². The van der Waals surface area contributed by atoms with Crippen molar-refractivity contribution in [3.63, 3.8) is 0 Å². The fourth-order valence-corrected chi connectivity index (χ4v) is 3.66. The summed E-state index contributed by atoms with van der Waals surface area (Å²) in [5.74, 6) is 1.40. The second-order valence-electron chi connectivity index (χ2n) is 4.13. The van der Waals surface area contributed by atoms with Gasteiger partial charge in [0.25, 0.3) is 0 Å². The number of amides is 1. The molecule has 0 atom stereocenters. The predicted molar refractivity (Wildman–Crippen MR) is 84.9 cm³/mol. The van der Waals surface area contributed by atoms with Gasteiger partial charge in [-0.2, -0.15) is 11.8 Å². The summed E-state index contributed by atoms with van der Waals surface area (Å²) >= 11 is 4.57. The van der Waals surface area contributed by atoms with Gasteiger partial charge >= 0.3 is 0 Å². The largest absolute Gasteiger partial charge is 0.379 e. The fourth-order valence-electron chi connectivity index (χ4n) is 1.68. The van der Waals surface area contributed by atoms with Gasteiger partial charge in [-0.3, -0.25) is 15.0 Å². The molecular formula is C11H18N4O2S3. The zero-order chi connectivity index (χ0) is 14.2. The van der Waals surface area contributed by atoms with Crippen LogP contribution in [0.1, 0.15) is 0 Å². The molecule has 0 aromatic carbocycles. The monoisotopic (exact) mass is 334 g/mol. The summed E-state index contributed by atoms with van der Waals surface area (Å²) in [6, 6.07) is 0. The van der Waals surface area contributed by atoms with Crippen molar-refractivity contribution >= 4 is 45.9 Å². The molecule has 1 aromatic rings. The molecule has 0 bridgehead atoms. The number of morpholine rings is 1. The van der Waals surface area contributed by atoms with Crippen molar-refractivity contribution in [2.45, 2.75) is 4.34 Å². The number of hydrogen-bond acceptors (Lipinski definition) is 8. The highest BCUT2D eigenvalue weighted by Gasteiger charge is 2.11. The number of nitrogens with zero attached hydrogens (tertiary/aromatic N) is 3. The Labute approximate surface area is 131 Å². The minimum absolute atomic E-state index is 0.0132. The first-order valence-electron chi connectivity index (χ1n) is 6.33. The van der Waals surface area contributed by atoms with E-state index in [1.165, 1.54) is 23.1 Å². The van der Waals surface area contributed by atoms with Crippen molar-refractivity contribution in [1.29, 1.82) is 0 Å². The SMILES string of the molecule is CSc1nnc(NC(=O)CSCCN2CCOCC2)s1. The molecule has 1 N–H and O–H groups in total. The average Bonchev–Trinajstić information content (AvgIpc) is 2.92. The molecule has 0 spiro atoms. The maximum absolute atomic E-state index is 11.7. The zero-order valence-corrected chi connectivity index (χ0v) is 13.8. The van der Waals surface area contributed by atoms with E-state index in [0.29, 0.717) is 10.9 Å². The Morgan fingerprint density at radius 1 is 1.45 bits per heavy atom. The van der Waals surface area contributed by atoms with Crippen LogP contribution in [0, 0.1) is 0 Å². The maximum atomic E-state index is 11.7. The van der Waals surface area contributed by atoms with Gasteiger partial charge in [0.1, 0.15) is 0 Å². The van der Waals surface area contributed by atoms with E-state index < -0.39 is 0 Å². The molecule has 1 aromatic heterocycles. The lowest BCUT2D eigenvalue weighted by Gasteiger charge is -2.26. The molecule has 0 aliphatic carbocycles. The molecule has 1 aliphatic heterocycles. The average molecular weight is 334 g/mol. The normalized spacial score (nSPS) is 16.2.